The molecule has 0 aliphatic rings. The van der Waals surface area contributed by atoms with Gasteiger partial charge >= 0.3 is 0 Å². The maximum absolute atomic E-state index is 10.0. The van der Waals surface area contributed by atoms with Crippen molar-refractivity contribution < 1.29 is 14.6 Å². The minimum atomic E-state index is -0.570. The van der Waals surface area contributed by atoms with Crippen LogP contribution in [-0.4, -0.2) is 31.0 Å². The van der Waals surface area contributed by atoms with Gasteiger partial charge in [-0.3, -0.25) is 0 Å². The molecule has 0 bridgehead atoms. The summed E-state index contributed by atoms with van der Waals surface area (Å²) >= 11 is 0. The number of hydrogen-bond acceptors (Lipinski definition) is 3. The molecule has 1 aromatic carbocycles. The lowest BCUT2D eigenvalue weighted by Gasteiger charge is -2.16. The normalized spacial score (nSPS) is 14.3. The van der Waals surface area contributed by atoms with E-state index in [-0.39, 0.29) is 6.10 Å². The van der Waals surface area contributed by atoms with E-state index in [0.717, 1.165) is 18.4 Å². The molecule has 1 aromatic rings. The van der Waals surface area contributed by atoms with Gasteiger partial charge < -0.3 is 14.6 Å². The lowest BCUT2D eigenvalue weighted by atomic mass is 10.0. The van der Waals surface area contributed by atoms with Crippen LogP contribution in [0.2, 0.25) is 0 Å². The molecule has 0 saturated carbocycles. The van der Waals surface area contributed by atoms with Crippen molar-refractivity contribution in [2.45, 2.75) is 45.8 Å². The summed E-state index contributed by atoms with van der Waals surface area (Å²) in [4.78, 5) is 0. The second kappa shape index (κ2) is 9.08. The monoisotopic (exact) mass is 266 g/mol. The summed E-state index contributed by atoms with van der Waals surface area (Å²) in [7, 11) is 0. The molecule has 2 unspecified atom stereocenters. The second-order valence-electron chi connectivity index (χ2n) is 4.81. The fraction of sp³-hybridized carbons (Fsp3) is 0.625. The third-order valence-electron chi connectivity index (χ3n) is 3.00. The Bertz CT molecular complexity index is 334. The molecular weight excluding hydrogens is 240 g/mol. The van der Waals surface area contributed by atoms with Gasteiger partial charge in [0, 0.05) is 6.61 Å². The zero-order valence-corrected chi connectivity index (χ0v) is 12.3. The third kappa shape index (κ3) is 6.19. The summed E-state index contributed by atoms with van der Waals surface area (Å²) in [5.41, 5.74) is 2.22. The highest BCUT2D eigenvalue weighted by Gasteiger charge is 2.10. The fourth-order valence-corrected chi connectivity index (χ4v) is 1.88. The molecule has 3 heteroatoms. The van der Waals surface area contributed by atoms with Crippen LogP contribution < -0.4 is 0 Å². The Morgan fingerprint density at radius 3 is 2.37 bits per heavy atom. The van der Waals surface area contributed by atoms with E-state index in [2.05, 4.69) is 19.1 Å². The second-order valence-corrected chi connectivity index (χ2v) is 4.81. The van der Waals surface area contributed by atoms with Gasteiger partial charge in [0.25, 0.3) is 0 Å². The smallest absolute Gasteiger partial charge is 0.102 e. The van der Waals surface area contributed by atoms with Gasteiger partial charge in [-0.2, -0.15) is 0 Å². The van der Waals surface area contributed by atoms with Crippen molar-refractivity contribution in [2.75, 3.05) is 19.8 Å². The van der Waals surface area contributed by atoms with Crippen LogP contribution in [0.5, 0.6) is 0 Å². The van der Waals surface area contributed by atoms with E-state index < -0.39 is 6.10 Å². The van der Waals surface area contributed by atoms with Crippen LogP contribution in [-0.2, 0) is 15.9 Å². The van der Waals surface area contributed by atoms with Gasteiger partial charge in [0.2, 0.25) is 0 Å². The van der Waals surface area contributed by atoms with E-state index in [9.17, 15) is 5.11 Å². The molecule has 1 N–H and O–H groups in total. The summed E-state index contributed by atoms with van der Waals surface area (Å²) in [6.45, 7) is 7.64. The van der Waals surface area contributed by atoms with E-state index in [4.69, 9.17) is 9.47 Å². The Morgan fingerprint density at radius 2 is 1.79 bits per heavy atom. The van der Waals surface area contributed by atoms with E-state index in [1.807, 2.05) is 26.0 Å². The van der Waals surface area contributed by atoms with Crippen LogP contribution in [0.1, 0.15) is 44.4 Å². The molecule has 0 heterocycles. The fourth-order valence-electron chi connectivity index (χ4n) is 1.88. The summed E-state index contributed by atoms with van der Waals surface area (Å²) in [5.74, 6) is 0. The molecule has 0 radical (unpaired) electrons. The summed E-state index contributed by atoms with van der Waals surface area (Å²) in [6, 6.07) is 8.11. The largest absolute Gasteiger partial charge is 0.386 e. The number of aliphatic hydroxyl groups excluding tert-OH is 1. The average Bonchev–Trinajstić information content (AvgIpc) is 2.43. The Kier molecular flexibility index (Phi) is 7.72. The van der Waals surface area contributed by atoms with Crippen LogP contribution >= 0.6 is 0 Å². The summed E-state index contributed by atoms with van der Waals surface area (Å²) < 4.78 is 10.8. The number of benzene rings is 1. The minimum absolute atomic E-state index is 0.00830. The van der Waals surface area contributed by atoms with E-state index in [1.54, 1.807) is 0 Å². The maximum atomic E-state index is 10.0. The summed E-state index contributed by atoms with van der Waals surface area (Å²) in [6.07, 6.45) is 1.66. The molecule has 0 aromatic heterocycles. The zero-order valence-electron chi connectivity index (χ0n) is 12.3. The molecule has 1 rings (SSSR count). The first-order chi connectivity index (χ1) is 9.17. The molecular formula is C16H26O3. The minimum Gasteiger partial charge on any atom is -0.386 e. The highest BCUT2D eigenvalue weighted by atomic mass is 16.5. The van der Waals surface area contributed by atoms with Crippen molar-refractivity contribution >= 4 is 0 Å². The molecule has 3 nitrogen and oxygen atoms in total. The molecule has 0 saturated heterocycles. The Balaban J connectivity index is 2.38. The van der Waals surface area contributed by atoms with Crippen LogP contribution in [0.25, 0.3) is 0 Å². The Labute approximate surface area is 116 Å². The SMILES string of the molecule is CCCc1ccc(C(O)COC(C)COCC)cc1. The Morgan fingerprint density at radius 1 is 1.11 bits per heavy atom. The van der Waals surface area contributed by atoms with Crippen LogP contribution in [0.4, 0.5) is 0 Å². The van der Waals surface area contributed by atoms with Crippen molar-refractivity contribution in [2.24, 2.45) is 0 Å². The van der Waals surface area contributed by atoms with Crippen LogP contribution in [0.15, 0.2) is 24.3 Å². The molecule has 19 heavy (non-hydrogen) atoms. The quantitative estimate of drug-likeness (QED) is 0.746. The topological polar surface area (TPSA) is 38.7 Å². The van der Waals surface area contributed by atoms with E-state index >= 15 is 0 Å². The molecule has 0 fully saturated rings. The molecule has 2 atom stereocenters. The number of aryl methyl sites for hydroxylation is 1. The number of aliphatic hydroxyl groups is 1. The molecule has 108 valence electrons. The van der Waals surface area contributed by atoms with Gasteiger partial charge in [-0.25, -0.2) is 0 Å². The van der Waals surface area contributed by atoms with E-state index in [0.29, 0.717) is 19.8 Å². The van der Waals surface area contributed by atoms with E-state index in [1.165, 1.54) is 5.56 Å². The maximum Gasteiger partial charge on any atom is 0.102 e. The standard InChI is InChI=1S/C16H26O3/c1-4-6-14-7-9-15(10-8-14)16(17)12-19-13(3)11-18-5-2/h7-10,13,16-17H,4-6,11-12H2,1-3H3. The van der Waals surface area contributed by atoms with Crippen molar-refractivity contribution in [3.8, 4) is 0 Å². The van der Waals surface area contributed by atoms with Gasteiger partial charge in [-0.1, -0.05) is 37.6 Å². The predicted molar refractivity (Wildman–Crippen MR) is 77.3 cm³/mol. The van der Waals surface area contributed by atoms with Crippen molar-refractivity contribution in [1.29, 1.82) is 0 Å². The van der Waals surface area contributed by atoms with Gasteiger partial charge in [0.05, 0.1) is 19.3 Å². The number of hydrogen-bond donors (Lipinski definition) is 1. The van der Waals surface area contributed by atoms with Crippen molar-refractivity contribution in [3.63, 3.8) is 0 Å². The van der Waals surface area contributed by atoms with Gasteiger partial charge in [-0.15, -0.1) is 0 Å². The van der Waals surface area contributed by atoms with Gasteiger partial charge in [0.1, 0.15) is 6.10 Å². The van der Waals surface area contributed by atoms with Crippen LogP contribution in [0, 0.1) is 0 Å². The van der Waals surface area contributed by atoms with Gasteiger partial charge in [0.15, 0.2) is 0 Å². The van der Waals surface area contributed by atoms with Crippen LogP contribution in [0.3, 0.4) is 0 Å². The Hall–Kier alpha value is -0.900. The lowest BCUT2D eigenvalue weighted by molar-refractivity contribution is -0.0395. The van der Waals surface area contributed by atoms with Crippen molar-refractivity contribution in [1.82, 2.24) is 0 Å². The summed E-state index contributed by atoms with van der Waals surface area (Å²) in [5, 5.41) is 10.0. The number of rotatable bonds is 9. The average molecular weight is 266 g/mol. The zero-order chi connectivity index (χ0) is 14.1. The lowest BCUT2D eigenvalue weighted by Crippen LogP contribution is -2.19. The van der Waals surface area contributed by atoms with Gasteiger partial charge in [-0.05, 0) is 31.4 Å². The molecule has 0 aliphatic heterocycles. The highest BCUT2D eigenvalue weighted by Crippen LogP contribution is 2.15. The number of ether oxygens (including phenoxy) is 2. The molecule has 0 aliphatic carbocycles. The predicted octanol–water partition coefficient (Wildman–Crippen LogP) is 3.11. The molecule has 0 amide bonds. The first-order valence-electron chi connectivity index (χ1n) is 7.13. The first-order valence-corrected chi connectivity index (χ1v) is 7.13. The molecule has 0 spiro atoms. The first kappa shape index (κ1) is 16.2. The third-order valence-corrected chi connectivity index (χ3v) is 3.00. The highest BCUT2D eigenvalue weighted by molar-refractivity contribution is 5.24. The van der Waals surface area contributed by atoms with Crippen molar-refractivity contribution in [3.05, 3.63) is 35.4 Å².